The first-order valence-electron chi connectivity index (χ1n) is 7.69. The number of carbonyl (C=O) groups excluding carboxylic acids is 1. The number of fused-ring (bicyclic) bond motifs is 1. The summed E-state index contributed by atoms with van der Waals surface area (Å²) in [7, 11) is 0. The number of aromatic nitrogens is 1. The van der Waals surface area contributed by atoms with Gasteiger partial charge in [-0.15, -0.1) is 0 Å². The van der Waals surface area contributed by atoms with Crippen LogP contribution in [0.5, 0.6) is 0 Å². The maximum Gasteiger partial charge on any atom is 0.184 e. The van der Waals surface area contributed by atoms with Gasteiger partial charge in [0.05, 0.1) is 5.52 Å². The Hall–Kier alpha value is -1.70. The van der Waals surface area contributed by atoms with Crippen LogP contribution in [0, 0.1) is 11.8 Å². The van der Waals surface area contributed by atoms with Crippen LogP contribution >= 0.6 is 0 Å². The van der Waals surface area contributed by atoms with Gasteiger partial charge < -0.3 is 0 Å². The third-order valence-corrected chi connectivity index (χ3v) is 4.62. The van der Waals surface area contributed by atoms with Crippen molar-refractivity contribution in [1.82, 2.24) is 4.98 Å². The van der Waals surface area contributed by atoms with Gasteiger partial charge in [-0.25, -0.2) is 4.98 Å². The number of ketones is 1. The SMILES string of the molecule is CCC1CCCCC1C(=O)c1ccc2ccccc2n1. The van der Waals surface area contributed by atoms with E-state index in [9.17, 15) is 4.79 Å². The molecule has 3 rings (SSSR count). The van der Waals surface area contributed by atoms with E-state index in [0.717, 1.165) is 23.7 Å². The highest BCUT2D eigenvalue weighted by Gasteiger charge is 2.30. The van der Waals surface area contributed by atoms with Gasteiger partial charge >= 0.3 is 0 Å². The molecule has 1 heterocycles. The van der Waals surface area contributed by atoms with E-state index in [2.05, 4.69) is 11.9 Å². The number of para-hydroxylation sites is 1. The summed E-state index contributed by atoms with van der Waals surface area (Å²) in [4.78, 5) is 17.3. The molecule has 0 amide bonds. The number of hydrogen-bond donors (Lipinski definition) is 0. The molecule has 0 saturated heterocycles. The highest BCUT2D eigenvalue weighted by molar-refractivity contribution is 5.98. The molecule has 0 spiro atoms. The van der Waals surface area contributed by atoms with Crippen LogP contribution in [0.3, 0.4) is 0 Å². The van der Waals surface area contributed by atoms with Gasteiger partial charge in [0.25, 0.3) is 0 Å². The Kier molecular flexibility index (Phi) is 3.81. The maximum absolute atomic E-state index is 12.8. The van der Waals surface area contributed by atoms with E-state index in [1.54, 1.807) is 0 Å². The third-order valence-electron chi connectivity index (χ3n) is 4.62. The van der Waals surface area contributed by atoms with E-state index in [1.807, 2.05) is 36.4 Å². The molecule has 0 aliphatic heterocycles. The van der Waals surface area contributed by atoms with Crippen LogP contribution in [0.25, 0.3) is 10.9 Å². The van der Waals surface area contributed by atoms with Crippen molar-refractivity contribution in [2.24, 2.45) is 11.8 Å². The summed E-state index contributed by atoms with van der Waals surface area (Å²) in [6.07, 6.45) is 5.78. The van der Waals surface area contributed by atoms with Crippen molar-refractivity contribution < 1.29 is 4.79 Å². The number of carbonyl (C=O) groups is 1. The van der Waals surface area contributed by atoms with E-state index in [0.29, 0.717) is 11.6 Å². The van der Waals surface area contributed by atoms with Gasteiger partial charge in [0, 0.05) is 11.3 Å². The first-order chi connectivity index (χ1) is 9.79. The fourth-order valence-electron chi connectivity index (χ4n) is 3.43. The molecule has 0 N–H and O–H groups in total. The monoisotopic (exact) mass is 267 g/mol. The summed E-state index contributed by atoms with van der Waals surface area (Å²) in [6, 6.07) is 11.9. The lowest BCUT2D eigenvalue weighted by Gasteiger charge is -2.29. The molecule has 1 saturated carbocycles. The molecular formula is C18H21NO. The van der Waals surface area contributed by atoms with Gasteiger partial charge in [0.1, 0.15) is 5.69 Å². The molecule has 2 aromatic rings. The van der Waals surface area contributed by atoms with Crippen molar-refractivity contribution >= 4 is 16.7 Å². The zero-order valence-electron chi connectivity index (χ0n) is 12.0. The normalized spacial score (nSPS) is 22.9. The van der Waals surface area contributed by atoms with Crippen molar-refractivity contribution in [3.05, 3.63) is 42.1 Å². The van der Waals surface area contributed by atoms with E-state index in [1.165, 1.54) is 19.3 Å². The molecule has 1 fully saturated rings. The molecule has 1 aliphatic carbocycles. The predicted molar refractivity (Wildman–Crippen MR) is 81.8 cm³/mol. The number of nitrogens with zero attached hydrogens (tertiary/aromatic N) is 1. The maximum atomic E-state index is 12.8. The first kappa shape index (κ1) is 13.3. The summed E-state index contributed by atoms with van der Waals surface area (Å²) < 4.78 is 0. The number of pyridine rings is 1. The van der Waals surface area contributed by atoms with E-state index < -0.39 is 0 Å². The lowest BCUT2D eigenvalue weighted by Crippen LogP contribution is -2.27. The van der Waals surface area contributed by atoms with Crippen molar-refractivity contribution in [1.29, 1.82) is 0 Å². The minimum absolute atomic E-state index is 0.183. The fourth-order valence-corrected chi connectivity index (χ4v) is 3.43. The van der Waals surface area contributed by atoms with Gasteiger partial charge in [-0.2, -0.15) is 0 Å². The molecular weight excluding hydrogens is 246 g/mol. The Labute approximate surface area is 120 Å². The molecule has 2 atom stereocenters. The Morgan fingerprint density at radius 1 is 1.15 bits per heavy atom. The topological polar surface area (TPSA) is 30.0 Å². The second-order valence-electron chi connectivity index (χ2n) is 5.81. The van der Waals surface area contributed by atoms with Gasteiger partial charge in [-0.05, 0) is 30.9 Å². The molecule has 1 aromatic heterocycles. The minimum Gasteiger partial charge on any atom is -0.292 e. The average molecular weight is 267 g/mol. The molecule has 2 nitrogen and oxygen atoms in total. The molecule has 1 aliphatic rings. The van der Waals surface area contributed by atoms with Crippen LogP contribution in [-0.2, 0) is 0 Å². The van der Waals surface area contributed by atoms with Gasteiger partial charge in [-0.1, -0.05) is 50.5 Å². The molecule has 0 bridgehead atoms. The highest BCUT2D eigenvalue weighted by Crippen LogP contribution is 2.34. The second kappa shape index (κ2) is 5.74. The van der Waals surface area contributed by atoms with E-state index in [-0.39, 0.29) is 11.7 Å². The van der Waals surface area contributed by atoms with Crippen LogP contribution in [0.15, 0.2) is 36.4 Å². The van der Waals surface area contributed by atoms with Crippen LogP contribution in [0.4, 0.5) is 0 Å². The zero-order chi connectivity index (χ0) is 13.9. The molecule has 2 unspecified atom stereocenters. The van der Waals surface area contributed by atoms with Crippen molar-refractivity contribution in [2.75, 3.05) is 0 Å². The van der Waals surface area contributed by atoms with E-state index in [4.69, 9.17) is 0 Å². The average Bonchev–Trinajstić information content (AvgIpc) is 2.53. The molecule has 1 aromatic carbocycles. The van der Waals surface area contributed by atoms with E-state index >= 15 is 0 Å². The molecule has 0 radical (unpaired) electrons. The fraction of sp³-hybridized carbons (Fsp3) is 0.444. The lowest BCUT2D eigenvalue weighted by molar-refractivity contribution is 0.0815. The van der Waals surface area contributed by atoms with Crippen molar-refractivity contribution in [3.8, 4) is 0 Å². The first-order valence-corrected chi connectivity index (χ1v) is 7.69. The predicted octanol–water partition coefficient (Wildman–Crippen LogP) is 4.63. The number of rotatable bonds is 3. The van der Waals surface area contributed by atoms with Crippen LogP contribution < -0.4 is 0 Å². The number of benzene rings is 1. The van der Waals surface area contributed by atoms with Gasteiger partial charge in [0.2, 0.25) is 0 Å². The summed E-state index contributed by atoms with van der Waals surface area (Å²) in [6.45, 7) is 2.20. The van der Waals surface area contributed by atoms with Crippen LogP contribution in [0.1, 0.15) is 49.5 Å². The van der Waals surface area contributed by atoms with Crippen LogP contribution in [-0.4, -0.2) is 10.8 Å². The summed E-state index contributed by atoms with van der Waals surface area (Å²) in [5, 5.41) is 1.10. The smallest absolute Gasteiger partial charge is 0.184 e. The summed E-state index contributed by atoms with van der Waals surface area (Å²) >= 11 is 0. The largest absolute Gasteiger partial charge is 0.292 e. The van der Waals surface area contributed by atoms with Crippen molar-refractivity contribution in [3.63, 3.8) is 0 Å². The third kappa shape index (κ3) is 2.47. The number of hydrogen-bond acceptors (Lipinski definition) is 2. The van der Waals surface area contributed by atoms with Gasteiger partial charge in [0.15, 0.2) is 5.78 Å². The minimum atomic E-state index is 0.183. The Morgan fingerprint density at radius 2 is 1.95 bits per heavy atom. The quantitative estimate of drug-likeness (QED) is 0.759. The Balaban J connectivity index is 1.91. The number of Topliss-reactive ketones (excluding diaryl/α,β-unsaturated/α-hetero) is 1. The molecule has 2 heteroatoms. The second-order valence-corrected chi connectivity index (χ2v) is 5.81. The van der Waals surface area contributed by atoms with Crippen LogP contribution in [0.2, 0.25) is 0 Å². The molecule has 104 valence electrons. The van der Waals surface area contributed by atoms with Crippen molar-refractivity contribution in [2.45, 2.75) is 39.0 Å². The lowest BCUT2D eigenvalue weighted by atomic mass is 9.75. The zero-order valence-corrected chi connectivity index (χ0v) is 12.0. The van der Waals surface area contributed by atoms with Gasteiger partial charge in [-0.3, -0.25) is 4.79 Å². The summed E-state index contributed by atoms with van der Waals surface area (Å²) in [5.74, 6) is 0.981. The summed E-state index contributed by atoms with van der Waals surface area (Å²) in [5.41, 5.74) is 1.57. The Bertz CT molecular complexity index is 620. The molecule has 20 heavy (non-hydrogen) atoms. The standard InChI is InChI=1S/C18H21NO/c1-2-13-7-3-5-9-15(13)18(20)17-12-11-14-8-4-6-10-16(14)19-17/h4,6,8,10-13,15H,2-3,5,7,9H2,1H3. The highest BCUT2D eigenvalue weighted by atomic mass is 16.1. The Morgan fingerprint density at radius 3 is 2.80 bits per heavy atom.